The molecule has 0 aliphatic heterocycles. The summed E-state index contributed by atoms with van der Waals surface area (Å²) in [4.78, 5) is 0. The Morgan fingerprint density at radius 1 is 0.525 bits per heavy atom. The second-order valence-corrected chi connectivity index (χ2v) is 14.3. The van der Waals surface area contributed by atoms with Crippen molar-refractivity contribution in [1.29, 1.82) is 0 Å². The molecule has 4 aromatic rings. The van der Waals surface area contributed by atoms with Crippen LogP contribution in [0.5, 0.6) is 11.5 Å². The Labute approximate surface area is 241 Å². The average molecular weight is 672 g/mol. The molecule has 0 aromatic heterocycles. The van der Waals surface area contributed by atoms with Crippen LogP contribution >= 0.6 is 22.6 Å². The maximum atomic E-state index is 16.2. The average Bonchev–Trinajstić information content (AvgIpc) is 2.86. The minimum atomic E-state index is -5.54. The molecule has 1 saturated carbocycles. The summed E-state index contributed by atoms with van der Waals surface area (Å²) in [5, 5.41) is 1.37. The van der Waals surface area contributed by atoms with E-state index in [1.165, 1.54) is 36.4 Å². The van der Waals surface area contributed by atoms with E-state index >= 15 is 8.78 Å². The number of ether oxygens (including phenoxy) is 2. The van der Waals surface area contributed by atoms with Crippen molar-refractivity contribution < 1.29 is 35.8 Å². The van der Waals surface area contributed by atoms with Crippen molar-refractivity contribution in [3.8, 4) is 11.5 Å². The van der Waals surface area contributed by atoms with Gasteiger partial charge in [0, 0.05) is 14.2 Å². The van der Waals surface area contributed by atoms with Crippen LogP contribution in [0, 0.1) is 0 Å². The van der Waals surface area contributed by atoms with Gasteiger partial charge in [-0.05, 0) is 53.3 Å². The van der Waals surface area contributed by atoms with Crippen LogP contribution in [0.1, 0.15) is 45.7 Å². The van der Waals surface area contributed by atoms with Crippen molar-refractivity contribution in [1.82, 2.24) is 0 Å². The van der Waals surface area contributed by atoms with E-state index in [2.05, 4.69) is 22.6 Å². The van der Waals surface area contributed by atoms with E-state index in [4.69, 9.17) is 9.47 Å². The van der Waals surface area contributed by atoms with Gasteiger partial charge in [0.2, 0.25) is 0 Å². The Morgan fingerprint density at radius 2 is 0.875 bits per heavy atom. The fourth-order valence-electron chi connectivity index (χ4n) is 5.20. The molecule has 0 bridgehead atoms. The van der Waals surface area contributed by atoms with Gasteiger partial charge in [0.1, 0.15) is 11.5 Å². The number of hydrogen-bond acceptors (Lipinski definition) is 2. The van der Waals surface area contributed by atoms with Gasteiger partial charge in [0.15, 0.2) is 0 Å². The van der Waals surface area contributed by atoms with Crippen LogP contribution < -0.4 is 9.47 Å². The maximum Gasteiger partial charge on any atom is 0.395 e. The predicted octanol–water partition coefficient (Wildman–Crippen LogP) is 10.0. The molecule has 1 fully saturated rings. The summed E-state index contributed by atoms with van der Waals surface area (Å²) in [5.74, 6) is -21.8. The fraction of sp³-hybridized carbons (Fsp3) is 0.355. The monoisotopic (exact) mass is 672 g/mol. The van der Waals surface area contributed by atoms with Gasteiger partial charge in [-0.1, -0.05) is 104 Å². The third kappa shape index (κ3) is 3.89. The number of hydrogen-bond donors (Lipinski definition) is 0. The van der Waals surface area contributed by atoms with Crippen molar-refractivity contribution in [2.45, 2.75) is 67.0 Å². The summed E-state index contributed by atoms with van der Waals surface area (Å²) in [6.45, 7) is 9.57. The molecule has 0 amide bonds. The zero-order valence-electron chi connectivity index (χ0n) is 22.4. The van der Waals surface area contributed by atoms with Crippen LogP contribution in [0.15, 0.2) is 72.8 Å². The number of benzene rings is 4. The molecule has 212 valence electrons. The van der Waals surface area contributed by atoms with Crippen LogP contribution in [-0.4, -0.2) is 23.6 Å². The molecule has 2 unspecified atom stereocenters. The van der Waals surface area contributed by atoms with E-state index in [1.54, 1.807) is 36.4 Å². The number of halogens is 7. The quantitative estimate of drug-likeness (QED) is 0.119. The van der Waals surface area contributed by atoms with Gasteiger partial charge >= 0.3 is 23.6 Å². The molecule has 4 aromatic carbocycles. The van der Waals surface area contributed by atoms with Crippen LogP contribution in [0.3, 0.4) is 0 Å². The van der Waals surface area contributed by atoms with Gasteiger partial charge in [0.05, 0.1) is 0 Å². The van der Waals surface area contributed by atoms with Crippen molar-refractivity contribution in [3.63, 3.8) is 0 Å². The number of alkyl halides is 7. The Kier molecular flexibility index (Phi) is 6.42. The third-order valence-corrected chi connectivity index (χ3v) is 7.91. The standard InChI is InChI=1S/C31H27F6IO2/c1-26(2,3)22-14-16-24(20-12-8-6-10-18(20)22)39-30(36)28(32,33)29(34,35)31(30,37)40-25-17-15-23(27(4,5)38)19-11-7-9-13-21(19)25/h6-17H,1-5H3. The second-order valence-electron chi connectivity index (χ2n) is 11.6. The van der Waals surface area contributed by atoms with Crippen LogP contribution in [0.25, 0.3) is 21.5 Å². The van der Waals surface area contributed by atoms with Gasteiger partial charge in [-0.15, -0.1) is 0 Å². The minimum absolute atomic E-state index is 0.162. The first-order valence-electron chi connectivity index (χ1n) is 12.6. The molecular weight excluding hydrogens is 645 g/mol. The first-order valence-corrected chi connectivity index (χ1v) is 13.7. The van der Waals surface area contributed by atoms with Gasteiger partial charge in [-0.2, -0.15) is 26.3 Å². The first kappa shape index (κ1) is 28.8. The summed E-state index contributed by atoms with van der Waals surface area (Å²) in [6.07, 6.45) is 0. The molecule has 1 aliphatic rings. The Morgan fingerprint density at radius 3 is 1.25 bits per heavy atom. The first-order chi connectivity index (χ1) is 18.4. The zero-order valence-corrected chi connectivity index (χ0v) is 24.5. The highest BCUT2D eigenvalue weighted by Crippen LogP contribution is 2.68. The van der Waals surface area contributed by atoms with Crippen LogP contribution in [0.4, 0.5) is 26.3 Å². The number of rotatable bonds is 5. The van der Waals surface area contributed by atoms with Gasteiger partial charge in [-0.3, -0.25) is 0 Å². The lowest BCUT2D eigenvalue weighted by Gasteiger charge is -2.55. The molecule has 2 nitrogen and oxygen atoms in total. The van der Waals surface area contributed by atoms with E-state index in [1.807, 2.05) is 34.6 Å². The molecule has 1 aliphatic carbocycles. The topological polar surface area (TPSA) is 18.5 Å². The predicted molar refractivity (Wildman–Crippen MR) is 152 cm³/mol. The lowest BCUT2D eigenvalue weighted by Crippen LogP contribution is -2.89. The molecule has 2 atom stereocenters. The summed E-state index contributed by atoms with van der Waals surface area (Å²) in [6, 6.07) is 18.2. The lowest BCUT2D eigenvalue weighted by atomic mass is 9.76. The molecule has 5 rings (SSSR count). The Balaban J connectivity index is 1.64. The van der Waals surface area contributed by atoms with Crippen molar-refractivity contribution >= 4 is 44.1 Å². The van der Waals surface area contributed by atoms with Crippen LogP contribution in [0.2, 0.25) is 0 Å². The highest BCUT2D eigenvalue weighted by atomic mass is 127. The van der Waals surface area contributed by atoms with Gasteiger partial charge < -0.3 is 9.47 Å². The summed E-state index contributed by atoms with van der Waals surface area (Å²) >= 11 is 2.18. The SMILES string of the molecule is CC(C)(C)c1ccc(OC2(F)C(F)(F)C(F)(F)C2(F)Oc2ccc(C(C)(C)I)c3ccccc23)c2ccccc12. The van der Waals surface area contributed by atoms with Crippen molar-refractivity contribution in [2.24, 2.45) is 0 Å². The van der Waals surface area contributed by atoms with E-state index in [0.29, 0.717) is 10.8 Å². The van der Waals surface area contributed by atoms with E-state index < -0.39 is 43.9 Å². The molecular formula is C31H27F6IO2. The molecule has 0 spiro atoms. The maximum absolute atomic E-state index is 16.2. The molecule has 40 heavy (non-hydrogen) atoms. The number of fused-ring (bicyclic) bond motifs is 2. The summed E-state index contributed by atoms with van der Waals surface area (Å²) in [5.41, 5.74) is 1.15. The smallest absolute Gasteiger partial charge is 0.395 e. The molecule has 9 heteroatoms. The summed E-state index contributed by atoms with van der Waals surface area (Å²) in [7, 11) is 0. The van der Waals surface area contributed by atoms with Gasteiger partial charge in [-0.25, -0.2) is 0 Å². The minimum Gasteiger partial charge on any atom is -0.446 e. The highest BCUT2D eigenvalue weighted by Gasteiger charge is 3.03. The van der Waals surface area contributed by atoms with Crippen molar-refractivity contribution in [3.05, 3.63) is 83.9 Å². The highest BCUT2D eigenvalue weighted by molar-refractivity contribution is 14.1. The lowest BCUT2D eigenvalue weighted by molar-refractivity contribution is -0.527. The normalized spacial score (nSPS) is 24.1. The van der Waals surface area contributed by atoms with E-state index in [9.17, 15) is 17.6 Å². The zero-order chi connectivity index (χ0) is 29.5. The molecule has 0 heterocycles. The fourth-order valence-corrected chi connectivity index (χ4v) is 5.67. The molecule has 0 N–H and O–H groups in total. The largest absolute Gasteiger partial charge is 0.446 e. The van der Waals surface area contributed by atoms with E-state index in [-0.39, 0.29) is 10.8 Å². The summed E-state index contributed by atoms with van der Waals surface area (Å²) < 4.78 is 101. The Hall–Kier alpha value is -2.69. The Bertz CT molecular complexity index is 1500. The van der Waals surface area contributed by atoms with Crippen LogP contribution in [-0.2, 0) is 8.84 Å². The van der Waals surface area contributed by atoms with Crippen molar-refractivity contribution in [2.75, 3.05) is 0 Å². The molecule has 0 radical (unpaired) electrons. The second kappa shape index (κ2) is 8.90. The third-order valence-electron chi connectivity index (χ3n) is 7.33. The van der Waals surface area contributed by atoms with E-state index in [0.717, 1.165) is 11.1 Å². The van der Waals surface area contributed by atoms with Gasteiger partial charge in [0.25, 0.3) is 0 Å². The molecule has 0 saturated heterocycles.